The number of benzene rings is 1. The fourth-order valence-corrected chi connectivity index (χ4v) is 3.11. The lowest BCUT2D eigenvalue weighted by molar-refractivity contribution is 0.00624. The highest BCUT2D eigenvalue weighted by atomic mass is 35.5. The summed E-state index contributed by atoms with van der Waals surface area (Å²) >= 11 is 6.38. The van der Waals surface area contributed by atoms with Gasteiger partial charge in [-0.1, -0.05) is 31.9 Å². The SMILES string of the molecule is CCCC(O)C(O)CC(C)c1c(OCC)cc(C)c(Cl)c1C. The van der Waals surface area contributed by atoms with E-state index in [9.17, 15) is 10.2 Å². The summed E-state index contributed by atoms with van der Waals surface area (Å²) in [6.45, 7) is 10.5. The zero-order valence-electron chi connectivity index (χ0n) is 14.3. The van der Waals surface area contributed by atoms with Gasteiger partial charge >= 0.3 is 0 Å². The summed E-state index contributed by atoms with van der Waals surface area (Å²) in [7, 11) is 0. The second-order valence-electron chi connectivity index (χ2n) is 6.04. The van der Waals surface area contributed by atoms with Gasteiger partial charge in [-0.2, -0.15) is 0 Å². The van der Waals surface area contributed by atoms with Crippen molar-refractivity contribution in [3.63, 3.8) is 0 Å². The van der Waals surface area contributed by atoms with Gasteiger partial charge in [-0.25, -0.2) is 0 Å². The minimum absolute atomic E-state index is 0.0566. The molecule has 0 radical (unpaired) electrons. The van der Waals surface area contributed by atoms with Gasteiger partial charge in [0.25, 0.3) is 0 Å². The molecule has 0 fully saturated rings. The van der Waals surface area contributed by atoms with E-state index in [-0.39, 0.29) is 5.92 Å². The van der Waals surface area contributed by atoms with Crippen LogP contribution in [0.2, 0.25) is 5.02 Å². The van der Waals surface area contributed by atoms with Crippen molar-refractivity contribution in [1.82, 2.24) is 0 Å². The van der Waals surface area contributed by atoms with Crippen molar-refractivity contribution in [2.75, 3.05) is 6.61 Å². The van der Waals surface area contributed by atoms with Gasteiger partial charge in [0.15, 0.2) is 0 Å². The molecule has 3 nitrogen and oxygen atoms in total. The van der Waals surface area contributed by atoms with Gasteiger partial charge in [-0.3, -0.25) is 0 Å². The van der Waals surface area contributed by atoms with Crippen molar-refractivity contribution >= 4 is 11.6 Å². The molecule has 0 aromatic heterocycles. The van der Waals surface area contributed by atoms with E-state index in [2.05, 4.69) is 0 Å². The first kappa shape index (κ1) is 19.3. The Morgan fingerprint density at radius 3 is 2.36 bits per heavy atom. The molecule has 1 rings (SSSR count). The zero-order chi connectivity index (χ0) is 16.9. The summed E-state index contributed by atoms with van der Waals surface area (Å²) in [4.78, 5) is 0. The predicted octanol–water partition coefficient (Wildman–Crippen LogP) is 4.37. The standard InChI is InChI=1S/C18H29ClO3/c1-6-8-14(20)15(21)9-11(3)17-13(5)18(19)12(4)10-16(17)22-7-2/h10-11,14-15,20-21H,6-9H2,1-5H3. The molecule has 0 saturated carbocycles. The molecule has 2 N–H and O–H groups in total. The molecular formula is C18H29ClO3. The maximum atomic E-state index is 10.2. The molecule has 0 saturated heterocycles. The average molecular weight is 329 g/mol. The predicted molar refractivity (Wildman–Crippen MR) is 92.0 cm³/mol. The maximum Gasteiger partial charge on any atom is 0.123 e. The molecule has 4 heteroatoms. The fraction of sp³-hybridized carbons (Fsp3) is 0.667. The molecule has 0 aliphatic rings. The summed E-state index contributed by atoms with van der Waals surface area (Å²) in [6, 6.07) is 1.96. The second kappa shape index (κ2) is 8.76. The highest BCUT2D eigenvalue weighted by Crippen LogP contribution is 2.38. The van der Waals surface area contributed by atoms with Crippen LogP contribution in [0.15, 0.2) is 6.07 Å². The largest absolute Gasteiger partial charge is 0.494 e. The van der Waals surface area contributed by atoms with Crippen LogP contribution in [0.3, 0.4) is 0 Å². The Balaban J connectivity index is 3.05. The van der Waals surface area contributed by atoms with Gasteiger partial charge in [0, 0.05) is 10.6 Å². The van der Waals surface area contributed by atoms with Gasteiger partial charge in [0.1, 0.15) is 5.75 Å². The third-order valence-electron chi connectivity index (χ3n) is 4.11. The molecule has 3 unspecified atom stereocenters. The molecule has 0 amide bonds. The van der Waals surface area contributed by atoms with Crippen LogP contribution in [0.25, 0.3) is 0 Å². The van der Waals surface area contributed by atoms with E-state index in [1.807, 2.05) is 40.7 Å². The molecule has 126 valence electrons. The Bertz CT molecular complexity index is 488. The maximum absolute atomic E-state index is 10.2. The van der Waals surface area contributed by atoms with Gasteiger partial charge in [-0.05, 0) is 56.7 Å². The van der Waals surface area contributed by atoms with Crippen LogP contribution in [-0.2, 0) is 0 Å². The summed E-state index contributed by atoms with van der Waals surface area (Å²) in [5.41, 5.74) is 3.01. The zero-order valence-corrected chi connectivity index (χ0v) is 15.1. The highest BCUT2D eigenvalue weighted by Gasteiger charge is 2.24. The van der Waals surface area contributed by atoms with E-state index in [0.717, 1.165) is 33.9 Å². The number of ether oxygens (including phenoxy) is 1. The van der Waals surface area contributed by atoms with E-state index < -0.39 is 12.2 Å². The van der Waals surface area contributed by atoms with E-state index in [1.165, 1.54) is 0 Å². The van der Waals surface area contributed by atoms with Crippen LogP contribution in [0.1, 0.15) is 62.6 Å². The molecule has 0 spiro atoms. The highest BCUT2D eigenvalue weighted by molar-refractivity contribution is 6.32. The summed E-state index contributed by atoms with van der Waals surface area (Å²) in [5, 5.41) is 20.9. The number of aliphatic hydroxyl groups is 2. The lowest BCUT2D eigenvalue weighted by Crippen LogP contribution is -2.27. The molecule has 3 atom stereocenters. The van der Waals surface area contributed by atoms with Crippen LogP contribution < -0.4 is 4.74 Å². The first-order valence-corrected chi connectivity index (χ1v) is 8.49. The van der Waals surface area contributed by atoms with E-state index in [0.29, 0.717) is 19.4 Å². The molecule has 0 aliphatic carbocycles. The van der Waals surface area contributed by atoms with E-state index in [4.69, 9.17) is 16.3 Å². The Hall–Kier alpha value is -0.770. The summed E-state index contributed by atoms with van der Waals surface area (Å²) < 4.78 is 5.76. The molecule has 22 heavy (non-hydrogen) atoms. The Kier molecular flexibility index (Phi) is 7.67. The minimum Gasteiger partial charge on any atom is -0.494 e. The minimum atomic E-state index is -0.732. The number of hydrogen-bond donors (Lipinski definition) is 2. The van der Waals surface area contributed by atoms with Crippen molar-refractivity contribution in [3.8, 4) is 5.75 Å². The number of rotatable bonds is 8. The molecule has 0 heterocycles. The fourth-order valence-electron chi connectivity index (χ4n) is 2.95. The molecule has 1 aromatic carbocycles. The van der Waals surface area contributed by atoms with Crippen molar-refractivity contribution < 1.29 is 14.9 Å². The average Bonchev–Trinajstić information content (AvgIpc) is 2.45. The molecule has 1 aromatic rings. The first-order chi connectivity index (χ1) is 10.3. The normalized spacial score (nSPS) is 15.5. The summed E-state index contributed by atoms with van der Waals surface area (Å²) in [5.74, 6) is 0.882. The smallest absolute Gasteiger partial charge is 0.123 e. The number of hydrogen-bond acceptors (Lipinski definition) is 3. The quantitative estimate of drug-likeness (QED) is 0.745. The van der Waals surface area contributed by atoms with E-state index >= 15 is 0 Å². The van der Waals surface area contributed by atoms with Crippen molar-refractivity contribution in [3.05, 3.63) is 27.8 Å². The Morgan fingerprint density at radius 1 is 1.18 bits per heavy atom. The third kappa shape index (κ3) is 4.61. The van der Waals surface area contributed by atoms with Crippen LogP contribution in [0.5, 0.6) is 5.75 Å². The monoisotopic (exact) mass is 328 g/mol. The molecular weight excluding hydrogens is 300 g/mol. The van der Waals surface area contributed by atoms with Crippen molar-refractivity contribution in [1.29, 1.82) is 0 Å². The molecule has 0 bridgehead atoms. The Morgan fingerprint density at radius 2 is 1.82 bits per heavy atom. The number of aryl methyl sites for hydroxylation is 1. The van der Waals surface area contributed by atoms with Gasteiger partial charge in [0.2, 0.25) is 0 Å². The van der Waals surface area contributed by atoms with Gasteiger partial charge < -0.3 is 14.9 Å². The van der Waals surface area contributed by atoms with Crippen molar-refractivity contribution in [2.45, 2.75) is 72.0 Å². The number of aliphatic hydroxyl groups excluding tert-OH is 2. The third-order valence-corrected chi connectivity index (χ3v) is 4.69. The first-order valence-electron chi connectivity index (χ1n) is 8.11. The van der Waals surface area contributed by atoms with E-state index in [1.54, 1.807) is 0 Å². The van der Waals surface area contributed by atoms with Gasteiger partial charge in [0.05, 0.1) is 18.8 Å². The second-order valence-corrected chi connectivity index (χ2v) is 6.42. The van der Waals surface area contributed by atoms with Gasteiger partial charge in [-0.15, -0.1) is 0 Å². The van der Waals surface area contributed by atoms with Crippen LogP contribution in [-0.4, -0.2) is 29.0 Å². The summed E-state index contributed by atoms with van der Waals surface area (Å²) in [6.07, 6.45) is 0.543. The van der Waals surface area contributed by atoms with Crippen LogP contribution in [0, 0.1) is 13.8 Å². The van der Waals surface area contributed by atoms with Crippen LogP contribution in [0.4, 0.5) is 0 Å². The molecule has 0 aliphatic heterocycles. The van der Waals surface area contributed by atoms with Crippen LogP contribution >= 0.6 is 11.6 Å². The Labute approximate surface area is 139 Å². The lowest BCUT2D eigenvalue weighted by Gasteiger charge is -2.25. The number of halogens is 1. The topological polar surface area (TPSA) is 49.7 Å². The van der Waals surface area contributed by atoms with Crippen molar-refractivity contribution in [2.24, 2.45) is 0 Å². The lowest BCUT2D eigenvalue weighted by atomic mass is 9.88.